The highest BCUT2D eigenvalue weighted by atomic mass is 35.5. The summed E-state index contributed by atoms with van der Waals surface area (Å²) in [6.45, 7) is 1.62. The Morgan fingerprint density at radius 3 is 2.60 bits per heavy atom. The molecule has 4 aromatic rings. The van der Waals surface area contributed by atoms with Crippen LogP contribution < -0.4 is 15.8 Å². The quantitative estimate of drug-likeness (QED) is 0.424. The van der Waals surface area contributed by atoms with Gasteiger partial charge >= 0.3 is 6.18 Å². The fourth-order valence-electron chi connectivity index (χ4n) is 4.22. The van der Waals surface area contributed by atoms with E-state index in [0.29, 0.717) is 10.5 Å². The number of amides is 1. The van der Waals surface area contributed by atoms with Crippen LogP contribution in [0.15, 0.2) is 53.7 Å². The van der Waals surface area contributed by atoms with E-state index in [1.807, 2.05) is 4.90 Å². The van der Waals surface area contributed by atoms with Gasteiger partial charge in [0.15, 0.2) is 5.69 Å². The van der Waals surface area contributed by atoms with Crippen LogP contribution in [0.4, 0.5) is 24.7 Å². The van der Waals surface area contributed by atoms with Crippen LogP contribution in [0.5, 0.6) is 0 Å². The van der Waals surface area contributed by atoms with E-state index < -0.39 is 28.9 Å². The van der Waals surface area contributed by atoms with Crippen molar-refractivity contribution >= 4 is 39.8 Å². The third kappa shape index (κ3) is 4.23. The lowest BCUT2D eigenvalue weighted by atomic mass is 10.1. The summed E-state index contributed by atoms with van der Waals surface area (Å²) in [7, 11) is 0. The highest BCUT2D eigenvalue weighted by molar-refractivity contribution is 6.33. The molecule has 1 fully saturated rings. The van der Waals surface area contributed by atoms with E-state index in [1.165, 1.54) is 42.7 Å². The van der Waals surface area contributed by atoms with Crippen LogP contribution in [-0.4, -0.2) is 38.7 Å². The molecule has 0 unspecified atom stereocenters. The molecular weight excluding hydrogens is 485 g/mol. The van der Waals surface area contributed by atoms with Gasteiger partial charge in [-0.15, -0.1) is 0 Å². The van der Waals surface area contributed by atoms with E-state index >= 15 is 0 Å². The number of pyridine rings is 2. The lowest BCUT2D eigenvalue weighted by Gasteiger charge is -2.18. The van der Waals surface area contributed by atoms with Crippen LogP contribution in [0.25, 0.3) is 16.5 Å². The molecular formula is C23H18ClF3N6O2. The Bertz CT molecular complexity index is 1490. The number of aromatic nitrogens is 4. The van der Waals surface area contributed by atoms with E-state index in [2.05, 4.69) is 20.4 Å². The van der Waals surface area contributed by atoms with Crippen LogP contribution >= 0.6 is 11.6 Å². The van der Waals surface area contributed by atoms with Gasteiger partial charge in [0.2, 0.25) is 0 Å². The number of alkyl halides is 3. The Balaban J connectivity index is 1.52. The second-order valence-corrected chi connectivity index (χ2v) is 8.45. The molecule has 4 heterocycles. The van der Waals surface area contributed by atoms with E-state index in [-0.39, 0.29) is 27.2 Å². The van der Waals surface area contributed by atoms with Gasteiger partial charge in [-0.3, -0.25) is 9.59 Å². The summed E-state index contributed by atoms with van der Waals surface area (Å²) < 4.78 is 43.1. The Hall–Kier alpha value is -3.86. The minimum absolute atomic E-state index is 0.0136. The van der Waals surface area contributed by atoms with Crippen molar-refractivity contribution in [2.24, 2.45) is 0 Å². The molecule has 0 saturated carbocycles. The van der Waals surface area contributed by atoms with Gasteiger partial charge in [-0.25, -0.2) is 9.67 Å². The molecule has 0 radical (unpaired) electrons. The number of halogens is 4. The van der Waals surface area contributed by atoms with Crippen molar-refractivity contribution in [2.75, 3.05) is 23.3 Å². The van der Waals surface area contributed by atoms with E-state index in [9.17, 15) is 22.8 Å². The summed E-state index contributed by atoms with van der Waals surface area (Å²) >= 11 is 6.32. The van der Waals surface area contributed by atoms with E-state index in [0.717, 1.165) is 32.1 Å². The lowest BCUT2D eigenvalue weighted by Crippen LogP contribution is -2.22. The summed E-state index contributed by atoms with van der Waals surface area (Å²) in [6.07, 6.45) is 0.657. The molecule has 2 N–H and O–H groups in total. The zero-order chi connectivity index (χ0) is 24.7. The minimum atomic E-state index is -4.91. The number of fused-ring (bicyclic) bond motifs is 1. The number of nitrogens with one attached hydrogen (secondary N) is 2. The lowest BCUT2D eigenvalue weighted by molar-refractivity contribution is -0.143. The molecule has 3 aromatic heterocycles. The Morgan fingerprint density at radius 2 is 1.89 bits per heavy atom. The second-order valence-electron chi connectivity index (χ2n) is 8.04. The predicted octanol–water partition coefficient (Wildman–Crippen LogP) is 4.63. The van der Waals surface area contributed by atoms with Crippen LogP contribution in [0.1, 0.15) is 28.9 Å². The van der Waals surface area contributed by atoms with Crippen molar-refractivity contribution in [1.29, 1.82) is 0 Å². The van der Waals surface area contributed by atoms with Crippen LogP contribution in [0, 0.1) is 0 Å². The van der Waals surface area contributed by atoms with Crippen molar-refractivity contribution in [3.63, 3.8) is 0 Å². The molecule has 12 heteroatoms. The molecule has 5 rings (SSSR count). The highest BCUT2D eigenvalue weighted by Crippen LogP contribution is 2.35. The SMILES string of the molecule is O=C(Nc1cnc(N2CCCC2)c(Cl)c1)c1cnn(-c2cccc3c(=O)[nH]ccc23)c1C(F)(F)F. The first-order valence-corrected chi connectivity index (χ1v) is 11.1. The largest absolute Gasteiger partial charge is 0.434 e. The third-order valence-electron chi connectivity index (χ3n) is 5.79. The third-order valence-corrected chi connectivity index (χ3v) is 6.07. The highest BCUT2D eigenvalue weighted by Gasteiger charge is 2.41. The molecule has 1 aromatic carbocycles. The number of nitrogens with zero attached hydrogens (tertiary/aromatic N) is 4. The van der Waals surface area contributed by atoms with Crippen molar-refractivity contribution < 1.29 is 18.0 Å². The monoisotopic (exact) mass is 502 g/mol. The maximum atomic E-state index is 14.1. The number of carbonyl (C=O) groups is 1. The fourth-order valence-corrected chi connectivity index (χ4v) is 4.50. The maximum absolute atomic E-state index is 14.1. The molecule has 180 valence electrons. The molecule has 1 aliphatic rings. The van der Waals surface area contributed by atoms with Crippen LogP contribution in [0.2, 0.25) is 5.02 Å². The zero-order valence-electron chi connectivity index (χ0n) is 18.1. The number of anilines is 2. The van der Waals surface area contributed by atoms with Gasteiger partial charge in [-0.05, 0) is 37.1 Å². The van der Waals surface area contributed by atoms with E-state index in [4.69, 9.17) is 11.6 Å². The number of hydrogen-bond acceptors (Lipinski definition) is 5. The minimum Gasteiger partial charge on any atom is -0.355 e. The molecule has 35 heavy (non-hydrogen) atoms. The van der Waals surface area contributed by atoms with Gasteiger partial charge in [-0.1, -0.05) is 17.7 Å². The van der Waals surface area contributed by atoms with Gasteiger partial charge in [0, 0.05) is 30.1 Å². The number of aromatic amines is 1. The van der Waals surface area contributed by atoms with Gasteiger partial charge in [0.05, 0.1) is 34.4 Å². The average molecular weight is 503 g/mol. The average Bonchev–Trinajstić information content (AvgIpc) is 3.49. The first-order valence-electron chi connectivity index (χ1n) is 10.7. The standard InChI is InChI=1S/C23H18ClF3N6O2/c24-17-10-13(11-29-20(17)32-8-1-2-9-32)31-22(35)16-12-30-33(19(16)23(25,26)27)18-5-3-4-15-14(18)6-7-28-21(15)34/h3-7,10-12H,1-2,8-9H2,(H,28,34)(H,31,35). The Morgan fingerprint density at radius 1 is 1.11 bits per heavy atom. The number of hydrogen-bond donors (Lipinski definition) is 2. The summed E-state index contributed by atoms with van der Waals surface area (Å²) in [5.41, 5.74) is -2.24. The second kappa shape index (κ2) is 8.73. The first-order chi connectivity index (χ1) is 16.7. The molecule has 0 aliphatic carbocycles. The van der Waals surface area contributed by atoms with Crippen molar-refractivity contribution in [3.8, 4) is 5.69 Å². The van der Waals surface area contributed by atoms with Crippen LogP contribution in [0.3, 0.4) is 0 Å². The maximum Gasteiger partial charge on any atom is 0.434 e. The number of benzene rings is 1. The van der Waals surface area contributed by atoms with Crippen molar-refractivity contribution in [2.45, 2.75) is 19.0 Å². The van der Waals surface area contributed by atoms with Gasteiger partial charge in [0.1, 0.15) is 5.82 Å². The van der Waals surface area contributed by atoms with Crippen molar-refractivity contribution in [1.82, 2.24) is 19.7 Å². The fraction of sp³-hybridized carbons (Fsp3) is 0.217. The Labute approximate surface area is 201 Å². The van der Waals surface area contributed by atoms with Gasteiger partial charge in [0.25, 0.3) is 11.5 Å². The zero-order valence-corrected chi connectivity index (χ0v) is 18.8. The topological polar surface area (TPSA) is 95.9 Å². The predicted molar refractivity (Wildman–Crippen MR) is 125 cm³/mol. The molecule has 8 nitrogen and oxygen atoms in total. The van der Waals surface area contributed by atoms with Crippen molar-refractivity contribution in [3.05, 3.63) is 75.6 Å². The molecule has 0 bridgehead atoms. The van der Waals surface area contributed by atoms with Gasteiger partial charge in [-0.2, -0.15) is 18.3 Å². The summed E-state index contributed by atoms with van der Waals surface area (Å²) in [5, 5.41) is 7.02. The smallest absolute Gasteiger partial charge is 0.355 e. The van der Waals surface area contributed by atoms with Crippen LogP contribution in [-0.2, 0) is 6.18 Å². The summed E-state index contributed by atoms with van der Waals surface area (Å²) in [6, 6.07) is 7.26. The summed E-state index contributed by atoms with van der Waals surface area (Å²) in [4.78, 5) is 33.8. The molecule has 1 amide bonds. The number of carbonyl (C=O) groups excluding carboxylic acids is 1. The number of rotatable bonds is 4. The molecule has 0 spiro atoms. The molecule has 1 aliphatic heterocycles. The normalized spacial score (nSPS) is 14.0. The molecule has 1 saturated heterocycles. The Kier molecular flexibility index (Phi) is 5.72. The number of H-pyrrole nitrogens is 1. The molecule has 0 atom stereocenters. The summed E-state index contributed by atoms with van der Waals surface area (Å²) in [5.74, 6) is -0.453. The van der Waals surface area contributed by atoms with E-state index in [1.54, 1.807) is 0 Å². The van der Waals surface area contributed by atoms with Gasteiger partial charge < -0.3 is 15.2 Å². The first kappa shape index (κ1) is 22.9.